The second-order valence-electron chi connectivity index (χ2n) is 4.97. The molecule has 1 aliphatic rings. The Bertz CT molecular complexity index is 552. The molecule has 0 atom stereocenters. The number of nitrogens with zero attached hydrogens (tertiary/aromatic N) is 1. The molecule has 118 valence electrons. The molecule has 0 unspecified atom stereocenters. The van der Waals surface area contributed by atoms with Crippen molar-refractivity contribution < 1.29 is 14.4 Å². The topological polar surface area (TPSA) is 78.5 Å². The van der Waals surface area contributed by atoms with Crippen molar-refractivity contribution in [2.45, 2.75) is 13.3 Å². The molecule has 1 fully saturated rings. The number of rotatable bonds is 2. The SMILES string of the molecule is CC(=O)Nc1ccc(NC(=O)C(=O)N2CCCSCC2)cc1. The largest absolute Gasteiger partial charge is 0.334 e. The lowest BCUT2D eigenvalue weighted by atomic mass is 10.2. The highest BCUT2D eigenvalue weighted by molar-refractivity contribution is 7.99. The van der Waals surface area contributed by atoms with Crippen LogP contribution in [0.4, 0.5) is 11.4 Å². The molecule has 0 aliphatic carbocycles. The summed E-state index contributed by atoms with van der Waals surface area (Å²) in [6.07, 6.45) is 0.912. The van der Waals surface area contributed by atoms with Crippen molar-refractivity contribution in [1.82, 2.24) is 4.90 Å². The highest BCUT2D eigenvalue weighted by Gasteiger charge is 2.22. The number of benzene rings is 1. The fourth-order valence-corrected chi connectivity index (χ4v) is 3.00. The van der Waals surface area contributed by atoms with Gasteiger partial charge in [-0.3, -0.25) is 14.4 Å². The summed E-state index contributed by atoms with van der Waals surface area (Å²) in [5.74, 6) is 0.610. The standard InChI is InChI=1S/C15H19N3O3S/c1-11(19)16-12-3-5-13(6-4-12)17-14(20)15(21)18-7-2-9-22-10-8-18/h3-6H,2,7-10H2,1H3,(H,16,19)(H,17,20). The van der Waals surface area contributed by atoms with Crippen molar-refractivity contribution in [2.75, 3.05) is 35.2 Å². The first-order chi connectivity index (χ1) is 10.6. The summed E-state index contributed by atoms with van der Waals surface area (Å²) in [6.45, 7) is 2.66. The number of hydrogen-bond donors (Lipinski definition) is 2. The molecule has 2 N–H and O–H groups in total. The molecule has 0 spiro atoms. The van der Waals surface area contributed by atoms with Crippen molar-refractivity contribution in [3.63, 3.8) is 0 Å². The van der Waals surface area contributed by atoms with E-state index in [-0.39, 0.29) is 5.91 Å². The summed E-state index contributed by atoms with van der Waals surface area (Å²) in [4.78, 5) is 36.7. The minimum Gasteiger partial charge on any atom is -0.334 e. The van der Waals surface area contributed by atoms with Crippen LogP contribution in [0, 0.1) is 0 Å². The predicted molar refractivity (Wildman–Crippen MR) is 87.9 cm³/mol. The summed E-state index contributed by atoms with van der Waals surface area (Å²) in [5.41, 5.74) is 1.16. The fraction of sp³-hybridized carbons (Fsp3) is 0.400. The van der Waals surface area contributed by atoms with Crippen LogP contribution in [0.2, 0.25) is 0 Å². The number of carbonyl (C=O) groups is 3. The summed E-state index contributed by atoms with van der Waals surface area (Å²) in [5, 5.41) is 5.23. The number of thioether (sulfide) groups is 1. The van der Waals surface area contributed by atoms with Gasteiger partial charge in [-0.25, -0.2) is 0 Å². The van der Waals surface area contributed by atoms with Crippen molar-refractivity contribution in [2.24, 2.45) is 0 Å². The molecule has 6 nitrogen and oxygen atoms in total. The van der Waals surface area contributed by atoms with Gasteiger partial charge in [-0.1, -0.05) is 0 Å². The summed E-state index contributed by atoms with van der Waals surface area (Å²) in [7, 11) is 0. The number of anilines is 2. The number of hydrogen-bond acceptors (Lipinski definition) is 4. The van der Waals surface area contributed by atoms with E-state index >= 15 is 0 Å². The van der Waals surface area contributed by atoms with E-state index in [1.807, 2.05) is 0 Å². The van der Waals surface area contributed by atoms with Crippen LogP contribution in [0.15, 0.2) is 24.3 Å². The third kappa shape index (κ3) is 4.77. The highest BCUT2D eigenvalue weighted by atomic mass is 32.2. The van der Waals surface area contributed by atoms with Crippen molar-refractivity contribution in [3.05, 3.63) is 24.3 Å². The minimum atomic E-state index is -0.626. The smallest absolute Gasteiger partial charge is 0.313 e. The van der Waals surface area contributed by atoms with Gasteiger partial charge in [0, 0.05) is 37.1 Å². The van der Waals surface area contributed by atoms with Crippen molar-refractivity contribution in [3.8, 4) is 0 Å². The Morgan fingerprint density at radius 2 is 1.64 bits per heavy atom. The third-order valence-corrected chi connectivity index (χ3v) is 4.22. The molecule has 2 rings (SSSR count). The zero-order chi connectivity index (χ0) is 15.9. The Morgan fingerprint density at radius 1 is 1.00 bits per heavy atom. The van der Waals surface area contributed by atoms with Crippen LogP contribution in [0.5, 0.6) is 0 Å². The summed E-state index contributed by atoms with van der Waals surface area (Å²) in [6, 6.07) is 6.64. The molecule has 1 saturated heterocycles. The molecule has 0 saturated carbocycles. The lowest BCUT2D eigenvalue weighted by molar-refractivity contribution is -0.142. The first-order valence-corrected chi connectivity index (χ1v) is 8.27. The average Bonchev–Trinajstić information content (AvgIpc) is 2.77. The fourth-order valence-electron chi connectivity index (χ4n) is 2.12. The van der Waals surface area contributed by atoms with E-state index in [0.29, 0.717) is 24.5 Å². The van der Waals surface area contributed by atoms with Gasteiger partial charge in [-0.05, 0) is 36.4 Å². The van der Waals surface area contributed by atoms with Crippen molar-refractivity contribution in [1.29, 1.82) is 0 Å². The predicted octanol–water partition coefficient (Wildman–Crippen LogP) is 1.55. The molecule has 1 aromatic rings. The zero-order valence-electron chi connectivity index (χ0n) is 12.4. The van der Waals surface area contributed by atoms with E-state index in [1.54, 1.807) is 40.9 Å². The van der Waals surface area contributed by atoms with Gasteiger partial charge in [0.15, 0.2) is 0 Å². The maximum atomic E-state index is 12.1. The van der Waals surface area contributed by atoms with Gasteiger partial charge in [0.05, 0.1) is 0 Å². The van der Waals surface area contributed by atoms with E-state index in [1.165, 1.54) is 6.92 Å². The third-order valence-electron chi connectivity index (χ3n) is 3.17. The van der Waals surface area contributed by atoms with E-state index in [4.69, 9.17) is 0 Å². The minimum absolute atomic E-state index is 0.161. The van der Waals surface area contributed by atoms with Gasteiger partial charge in [0.25, 0.3) is 0 Å². The molecule has 1 aliphatic heterocycles. The van der Waals surface area contributed by atoms with Crippen LogP contribution in [0.25, 0.3) is 0 Å². The number of nitrogens with one attached hydrogen (secondary N) is 2. The number of amides is 3. The van der Waals surface area contributed by atoms with E-state index < -0.39 is 11.8 Å². The Balaban J connectivity index is 1.92. The van der Waals surface area contributed by atoms with Gasteiger partial charge in [-0.15, -0.1) is 0 Å². The van der Waals surface area contributed by atoms with Crippen molar-refractivity contribution >= 4 is 40.9 Å². The molecule has 1 heterocycles. The molecule has 1 aromatic carbocycles. The maximum absolute atomic E-state index is 12.1. The van der Waals surface area contributed by atoms with Crippen LogP contribution in [0.3, 0.4) is 0 Å². The Morgan fingerprint density at radius 3 is 2.27 bits per heavy atom. The van der Waals surface area contributed by atoms with Crippen LogP contribution in [-0.4, -0.2) is 47.2 Å². The van der Waals surface area contributed by atoms with Gasteiger partial charge in [0.2, 0.25) is 5.91 Å². The summed E-state index contributed by atoms with van der Waals surface area (Å²) < 4.78 is 0. The second-order valence-corrected chi connectivity index (χ2v) is 6.20. The highest BCUT2D eigenvalue weighted by Crippen LogP contribution is 2.14. The molecular weight excluding hydrogens is 302 g/mol. The van der Waals surface area contributed by atoms with Gasteiger partial charge in [0.1, 0.15) is 0 Å². The quantitative estimate of drug-likeness (QED) is 0.810. The van der Waals surface area contributed by atoms with Crippen LogP contribution in [-0.2, 0) is 14.4 Å². The lowest BCUT2D eigenvalue weighted by Gasteiger charge is -2.19. The van der Waals surface area contributed by atoms with E-state index in [0.717, 1.165) is 17.9 Å². The Labute approximate surface area is 133 Å². The maximum Gasteiger partial charge on any atom is 0.313 e. The van der Waals surface area contributed by atoms with E-state index in [9.17, 15) is 14.4 Å². The first kappa shape index (κ1) is 16.4. The zero-order valence-corrected chi connectivity index (χ0v) is 13.2. The Kier molecular flexibility index (Phi) is 5.83. The van der Waals surface area contributed by atoms with Crippen LogP contribution in [0.1, 0.15) is 13.3 Å². The van der Waals surface area contributed by atoms with Gasteiger partial charge < -0.3 is 15.5 Å². The molecule has 3 amide bonds. The lowest BCUT2D eigenvalue weighted by Crippen LogP contribution is -2.40. The molecule has 7 heteroatoms. The molecule has 0 radical (unpaired) electrons. The van der Waals surface area contributed by atoms with E-state index in [2.05, 4.69) is 10.6 Å². The van der Waals surface area contributed by atoms with Gasteiger partial charge in [-0.2, -0.15) is 11.8 Å². The first-order valence-electron chi connectivity index (χ1n) is 7.12. The number of carbonyl (C=O) groups excluding carboxylic acids is 3. The second kappa shape index (κ2) is 7.84. The van der Waals surface area contributed by atoms with Crippen LogP contribution < -0.4 is 10.6 Å². The molecule has 0 aromatic heterocycles. The van der Waals surface area contributed by atoms with Crippen LogP contribution >= 0.6 is 11.8 Å². The monoisotopic (exact) mass is 321 g/mol. The molecule has 0 bridgehead atoms. The normalized spacial score (nSPS) is 14.9. The van der Waals surface area contributed by atoms with Gasteiger partial charge >= 0.3 is 11.8 Å². The summed E-state index contributed by atoms with van der Waals surface area (Å²) >= 11 is 1.80. The molecule has 22 heavy (non-hydrogen) atoms. The Hall–Kier alpha value is -2.02. The molecular formula is C15H19N3O3S. The average molecular weight is 321 g/mol.